The van der Waals surface area contributed by atoms with Crippen molar-refractivity contribution < 1.29 is 37.3 Å². The van der Waals surface area contributed by atoms with Gasteiger partial charge >= 0.3 is 16.4 Å². The smallest absolute Gasteiger partial charge is 0.394 e. The van der Waals surface area contributed by atoms with Crippen molar-refractivity contribution in [1.82, 2.24) is 0 Å². The molecule has 0 saturated carbocycles. The van der Waals surface area contributed by atoms with E-state index < -0.39 is 16.5 Å². The first-order valence-corrected chi connectivity index (χ1v) is 12.4. The van der Waals surface area contributed by atoms with Gasteiger partial charge in [0.15, 0.2) is 0 Å². The van der Waals surface area contributed by atoms with Gasteiger partial charge in [-0.15, -0.1) is 0 Å². The number of carbonyl (C=O) groups is 1. The van der Waals surface area contributed by atoms with E-state index in [1.165, 1.54) is 57.8 Å². The van der Waals surface area contributed by atoms with E-state index in [0.29, 0.717) is 6.42 Å². The molecule has 30 heavy (non-hydrogen) atoms. The Labute approximate surface area is 182 Å². The summed E-state index contributed by atoms with van der Waals surface area (Å²) in [4.78, 5) is 11.4. The number of rotatable bonds is 18. The normalized spacial score (nSPS) is 12.4. The number of hydrogen-bond acceptors (Lipinski definition) is 6. The van der Waals surface area contributed by atoms with Crippen LogP contribution in [0.1, 0.15) is 96.8 Å². The third kappa shape index (κ3) is 34.5. The quantitative estimate of drug-likeness (QED) is 0.104. The maximum absolute atomic E-state index is 11.4. The number of esters is 1. The molecule has 0 heterocycles. The number of carbonyl (C=O) groups excluding carboxylic acids is 1. The first-order chi connectivity index (χ1) is 14.2. The Morgan fingerprint density at radius 3 is 1.77 bits per heavy atom. The summed E-state index contributed by atoms with van der Waals surface area (Å²) in [7, 11) is -4.67. The maximum Gasteiger partial charge on any atom is 0.394 e. The van der Waals surface area contributed by atoms with Gasteiger partial charge in [-0.1, -0.05) is 70.4 Å². The molecule has 0 aliphatic heterocycles. The first kappa shape index (κ1) is 31.2. The largest absolute Gasteiger partial charge is 0.463 e. The van der Waals surface area contributed by atoms with E-state index in [-0.39, 0.29) is 19.2 Å². The zero-order valence-corrected chi connectivity index (χ0v) is 19.2. The average Bonchev–Trinajstić information content (AvgIpc) is 2.67. The lowest BCUT2D eigenvalue weighted by molar-refractivity contribution is -0.147. The summed E-state index contributed by atoms with van der Waals surface area (Å²) in [5.41, 5.74) is 0. The van der Waals surface area contributed by atoms with Crippen LogP contribution in [0, 0.1) is 0 Å². The van der Waals surface area contributed by atoms with Gasteiger partial charge in [-0.25, -0.2) is 0 Å². The molecule has 0 bridgehead atoms. The summed E-state index contributed by atoms with van der Waals surface area (Å²) in [5.74, 6) is -0.287. The molecule has 0 aliphatic carbocycles. The highest BCUT2D eigenvalue weighted by atomic mass is 32.3. The van der Waals surface area contributed by atoms with Crippen LogP contribution in [0.5, 0.6) is 0 Å². The number of aliphatic hydroxyl groups excluding tert-OH is 2. The molecule has 9 heteroatoms. The molecule has 0 rings (SSSR count). The second kappa shape index (κ2) is 22.7. The number of unbranched alkanes of at least 4 members (excludes halogenated alkanes) is 11. The highest BCUT2D eigenvalue weighted by Crippen LogP contribution is 2.10. The van der Waals surface area contributed by atoms with E-state index in [1.807, 2.05) is 0 Å². The Kier molecular flexibility index (Phi) is 23.6. The molecule has 0 spiro atoms. The first-order valence-electron chi connectivity index (χ1n) is 11.0. The van der Waals surface area contributed by atoms with Crippen molar-refractivity contribution in [3.05, 3.63) is 12.2 Å². The lowest BCUT2D eigenvalue weighted by Crippen LogP contribution is -2.21. The minimum Gasteiger partial charge on any atom is -0.463 e. The molecule has 0 aromatic carbocycles. The Hall–Kier alpha value is -1.00. The van der Waals surface area contributed by atoms with Crippen molar-refractivity contribution >= 4 is 16.4 Å². The topological polar surface area (TPSA) is 141 Å². The van der Waals surface area contributed by atoms with Crippen LogP contribution in [0.2, 0.25) is 0 Å². The Morgan fingerprint density at radius 1 is 0.867 bits per heavy atom. The van der Waals surface area contributed by atoms with Crippen molar-refractivity contribution in [2.45, 2.75) is 103 Å². The third-order valence-electron chi connectivity index (χ3n) is 4.29. The van der Waals surface area contributed by atoms with Crippen LogP contribution in [0.25, 0.3) is 0 Å². The molecule has 180 valence electrons. The van der Waals surface area contributed by atoms with Crippen LogP contribution in [-0.2, 0) is 19.9 Å². The summed E-state index contributed by atoms with van der Waals surface area (Å²) in [6.07, 6.45) is 20.1. The van der Waals surface area contributed by atoms with E-state index in [1.54, 1.807) is 0 Å². The van der Waals surface area contributed by atoms with Crippen LogP contribution in [0.4, 0.5) is 0 Å². The summed E-state index contributed by atoms with van der Waals surface area (Å²) < 4.78 is 36.4. The second-order valence-corrected chi connectivity index (χ2v) is 8.20. The van der Waals surface area contributed by atoms with E-state index in [0.717, 1.165) is 25.7 Å². The van der Waals surface area contributed by atoms with Crippen molar-refractivity contribution in [1.29, 1.82) is 0 Å². The van der Waals surface area contributed by atoms with Gasteiger partial charge in [-0.2, -0.15) is 8.42 Å². The van der Waals surface area contributed by atoms with Gasteiger partial charge in [0.2, 0.25) is 0 Å². The van der Waals surface area contributed by atoms with Gasteiger partial charge < -0.3 is 14.9 Å². The zero-order valence-electron chi connectivity index (χ0n) is 18.4. The standard InChI is InChI=1S/C21H40O4.H2O4S/c1-2-3-4-5-6-7-8-9-10-11-12-13-14-15-16-17-21(24)25-19-20(23)18-22;1-5(2,3)4/h9-10,20,22-23H,2-8,11-19H2,1H3;(H2,1,2,3,4)/b10-9-;. The number of allylic oxidation sites excluding steroid dienone is 2. The van der Waals surface area contributed by atoms with E-state index in [4.69, 9.17) is 32.5 Å². The number of ether oxygens (including phenoxy) is 1. The molecular weight excluding hydrogens is 412 g/mol. The fraction of sp³-hybridized carbons (Fsp3) is 0.857. The molecule has 1 atom stereocenters. The lowest BCUT2D eigenvalue weighted by atomic mass is 10.1. The monoisotopic (exact) mass is 454 g/mol. The molecule has 0 aliphatic rings. The third-order valence-corrected chi connectivity index (χ3v) is 4.29. The zero-order chi connectivity index (χ0) is 23.1. The number of hydrogen-bond donors (Lipinski definition) is 4. The molecular formula is C21H42O8S. The molecule has 0 fully saturated rings. The Bertz CT molecular complexity index is 497. The molecule has 0 radical (unpaired) electrons. The lowest BCUT2D eigenvalue weighted by Gasteiger charge is -2.08. The molecule has 0 saturated heterocycles. The van der Waals surface area contributed by atoms with Crippen molar-refractivity contribution in [3.8, 4) is 0 Å². The fourth-order valence-corrected chi connectivity index (χ4v) is 2.65. The summed E-state index contributed by atoms with van der Waals surface area (Å²) >= 11 is 0. The van der Waals surface area contributed by atoms with Gasteiger partial charge in [0, 0.05) is 6.42 Å². The summed E-state index contributed by atoms with van der Waals surface area (Å²) in [6, 6.07) is 0. The van der Waals surface area contributed by atoms with Gasteiger partial charge in [0.05, 0.1) is 6.61 Å². The van der Waals surface area contributed by atoms with Crippen LogP contribution >= 0.6 is 0 Å². The Balaban J connectivity index is 0. The predicted octanol–water partition coefficient (Wildman–Crippen LogP) is 4.27. The highest BCUT2D eigenvalue weighted by molar-refractivity contribution is 7.79. The molecule has 0 amide bonds. The SMILES string of the molecule is CCCCCCCC/C=C\CCCCCCCC(=O)OCC(O)CO.O=S(=O)(O)O. The molecule has 8 nitrogen and oxygen atoms in total. The van der Waals surface area contributed by atoms with E-state index >= 15 is 0 Å². The Morgan fingerprint density at radius 2 is 1.30 bits per heavy atom. The van der Waals surface area contributed by atoms with Gasteiger partial charge in [0.25, 0.3) is 0 Å². The fourth-order valence-electron chi connectivity index (χ4n) is 2.65. The van der Waals surface area contributed by atoms with Crippen LogP contribution in [-0.4, -0.2) is 53.0 Å². The van der Waals surface area contributed by atoms with Crippen molar-refractivity contribution in [2.75, 3.05) is 13.2 Å². The molecule has 1 unspecified atom stereocenters. The molecule has 0 aromatic heterocycles. The highest BCUT2D eigenvalue weighted by Gasteiger charge is 2.07. The average molecular weight is 455 g/mol. The second-order valence-electron chi connectivity index (χ2n) is 7.30. The van der Waals surface area contributed by atoms with Crippen LogP contribution in [0.15, 0.2) is 12.2 Å². The van der Waals surface area contributed by atoms with Gasteiger partial charge in [-0.05, 0) is 32.1 Å². The predicted molar refractivity (Wildman–Crippen MR) is 118 cm³/mol. The summed E-state index contributed by atoms with van der Waals surface area (Å²) in [5, 5.41) is 17.7. The molecule has 0 aromatic rings. The minimum absolute atomic E-state index is 0.111. The van der Waals surface area contributed by atoms with Crippen molar-refractivity contribution in [3.63, 3.8) is 0 Å². The van der Waals surface area contributed by atoms with Gasteiger partial charge in [-0.3, -0.25) is 13.9 Å². The van der Waals surface area contributed by atoms with E-state index in [2.05, 4.69) is 19.1 Å². The molecule has 4 N–H and O–H groups in total. The maximum atomic E-state index is 11.4. The summed E-state index contributed by atoms with van der Waals surface area (Å²) in [6.45, 7) is 1.77. The van der Waals surface area contributed by atoms with E-state index in [9.17, 15) is 4.79 Å². The minimum atomic E-state index is -4.67. The van der Waals surface area contributed by atoms with Crippen LogP contribution < -0.4 is 0 Å². The number of aliphatic hydroxyl groups is 2. The van der Waals surface area contributed by atoms with Gasteiger partial charge in [0.1, 0.15) is 12.7 Å². The van der Waals surface area contributed by atoms with Crippen LogP contribution in [0.3, 0.4) is 0 Å². The van der Waals surface area contributed by atoms with Crippen molar-refractivity contribution in [2.24, 2.45) is 0 Å².